The Morgan fingerprint density at radius 3 is 2.58 bits per heavy atom. The van der Waals surface area contributed by atoms with Gasteiger partial charge in [0.15, 0.2) is 21.2 Å². The Morgan fingerprint density at radius 2 is 1.81 bits per heavy atom. The summed E-state index contributed by atoms with van der Waals surface area (Å²) in [6, 6.07) is 5.65. The van der Waals surface area contributed by atoms with Crippen molar-refractivity contribution in [3.8, 4) is 11.5 Å². The molecular formula is C18H20N2O4S2. The number of carbonyl (C=O) groups is 2. The summed E-state index contributed by atoms with van der Waals surface area (Å²) in [6.07, 6.45) is 0.627. The van der Waals surface area contributed by atoms with Crippen LogP contribution in [0.4, 0.5) is 0 Å². The summed E-state index contributed by atoms with van der Waals surface area (Å²) in [5.74, 6) is 1.46. The highest BCUT2D eigenvalue weighted by atomic mass is 33.1. The molecule has 2 bridgehead atoms. The monoisotopic (exact) mass is 392 g/mol. The summed E-state index contributed by atoms with van der Waals surface area (Å²) in [7, 11) is 4.80. The summed E-state index contributed by atoms with van der Waals surface area (Å²) in [4.78, 5) is 28.5. The van der Waals surface area contributed by atoms with E-state index in [1.165, 1.54) is 10.8 Å². The molecule has 5 aliphatic rings. The summed E-state index contributed by atoms with van der Waals surface area (Å²) in [5, 5.41) is 0. The first-order valence-corrected chi connectivity index (χ1v) is 10.7. The molecule has 1 aromatic rings. The number of piperazine rings is 1. The average Bonchev–Trinajstić information content (AvgIpc) is 3.15. The van der Waals surface area contributed by atoms with Gasteiger partial charge in [-0.15, -0.1) is 0 Å². The number of rotatable bonds is 1. The molecule has 4 saturated heterocycles. The fraction of sp³-hybridized carbons (Fsp3) is 0.556. The molecule has 1 aromatic carbocycles. The molecule has 6 rings (SSSR count). The SMILES string of the molecule is CN1C(=O)[C@]23CC(C)(C)[C@@H](c4ccc5c(c4)OCO5)N2C(=O)[C@@]1(C)SS3. The number of fused-ring (bicyclic) bond motifs is 3. The summed E-state index contributed by atoms with van der Waals surface area (Å²) < 4.78 is 11.0. The van der Waals surface area contributed by atoms with Crippen LogP contribution in [0.2, 0.25) is 0 Å². The van der Waals surface area contributed by atoms with E-state index in [0.29, 0.717) is 12.2 Å². The number of benzene rings is 1. The zero-order chi connectivity index (χ0) is 18.5. The van der Waals surface area contributed by atoms with Crippen LogP contribution in [0, 0.1) is 5.41 Å². The van der Waals surface area contributed by atoms with Crippen molar-refractivity contribution in [1.29, 1.82) is 0 Å². The van der Waals surface area contributed by atoms with Gasteiger partial charge in [-0.3, -0.25) is 9.59 Å². The third-order valence-corrected chi connectivity index (χ3v) is 9.73. The third-order valence-electron chi connectivity index (χ3n) is 6.03. The Labute approximate surface area is 160 Å². The number of nitrogens with zero attached hydrogens (tertiary/aromatic N) is 2. The molecule has 0 saturated carbocycles. The lowest BCUT2D eigenvalue weighted by atomic mass is 9.80. The van der Waals surface area contributed by atoms with E-state index in [4.69, 9.17) is 9.47 Å². The van der Waals surface area contributed by atoms with Gasteiger partial charge in [-0.1, -0.05) is 41.5 Å². The van der Waals surface area contributed by atoms with Gasteiger partial charge in [0.1, 0.15) is 0 Å². The van der Waals surface area contributed by atoms with Gasteiger partial charge in [-0.05, 0) is 36.5 Å². The zero-order valence-corrected chi connectivity index (χ0v) is 16.7. The molecule has 5 aliphatic heterocycles. The molecule has 6 nitrogen and oxygen atoms in total. The smallest absolute Gasteiger partial charge is 0.261 e. The molecule has 0 radical (unpaired) electrons. The Hall–Kier alpha value is -1.54. The highest BCUT2D eigenvalue weighted by Crippen LogP contribution is 2.69. The van der Waals surface area contributed by atoms with Crippen LogP contribution in [0.1, 0.15) is 38.8 Å². The number of hydrogen-bond donors (Lipinski definition) is 0. The maximum atomic E-state index is 13.5. The number of ether oxygens (including phenoxy) is 2. The Bertz CT molecular complexity index is 860. The minimum Gasteiger partial charge on any atom is -0.454 e. The summed E-state index contributed by atoms with van der Waals surface area (Å²) >= 11 is 0. The fourth-order valence-electron chi connectivity index (χ4n) is 4.67. The molecule has 3 atom stereocenters. The number of amides is 2. The predicted octanol–water partition coefficient (Wildman–Crippen LogP) is 2.99. The van der Waals surface area contributed by atoms with E-state index in [-0.39, 0.29) is 30.1 Å². The van der Waals surface area contributed by atoms with E-state index in [1.807, 2.05) is 30.0 Å². The van der Waals surface area contributed by atoms with Gasteiger partial charge in [-0.2, -0.15) is 0 Å². The van der Waals surface area contributed by atoms with Crippen molar-refractivity contribution >= 4 is 33.4 Å². The molecule has 0 unspecified atom stereocenters. The van der Waals surface area contributed by atoms with Crippen molar-refractivity contribution in [2.24, 2.45) is 5.41 Å². The summed E-state index contributed by atoms with van der Waals surface area (Å²) in [6.45, 7) is 6.33. The van der Waals surface area contributed by atoms with Crippen molar-refractivity contribution in [3.05, 3.63) is 23.8 Å². The minimum absolute atomic E-state index is 0.0107. The van der Waals surface area contributed by atoms with E-state index in [9.17, 15) is 9.59 Å². The Balaban J connectivity index is 1.67. The lowest BCUT2D eigenvalue weighted by Crippen LogP contribution is -2.73. The molecule has 0 N–H and O–H groups in total. The Kier molecular flexibility index (Phi) is 3.09. The topological polar surface area (TPSA) is 59.1 Å². The van der Waals surface area contributed by atoms with Crippen LogP contribution < -0.4 is 9.47 Å². The van der Waals surface area contributed by atoms with Gasteiger partial charge < -0.3 is 19.3 Å². The van der Waals surface area contributed by atoms with E-state index in [2.05, 4.69) is 13.8 Å². The van der Waals surface area contributed by atoms with Crippen molar-refractivity contribution < 1.29 is 19.1 Å². The summed E-state index contributed by atoms with van der Waals surface area (Å²) in [5.41, 5.74) is 0.741. The molecule has 0 aromatic heterocycles. The molecule has 5 heterocycles. The first kappa shape index (κ1) is 16.6. The van der Waals surface area contributed by atoms with Crippen molar-refractivity contribution in [2.75, 3.05) is 13.8 Å². The van der Waals surface area contributed by atoms with E-state index < -0.39 is 9.74 Å². The standard InChI is InChI=1S/C18H20N2O4S2/c1-16(2)8-18-15(22)19(4)17(3,25-26-18)14(21)20(18)13(16)10-5-6-11-12(7-10)24-9-23-11/h5-7,13H,8-9H2,1-4H3/t13-,17-,18-/m1/s1. The molecule has 0 aliphatic carbocycles. The van der Waals surface area contributed by atoms with Gasteiger partial charge in [0.2, 0.25) is 6.79 Å². The van der Waals surface area contributed by atoms with Gasteiger partial charge in [0.05, 0.1) is 6.04 Å². The second-order valence-electron chi connectivity index (χ2n) is 8.15. The quantitative estimate of drug-likeness (QED) is 0.685. The van der Waals surface area contributed by atoms with Gasteiger partial charge >= 0.3 is 0 Å². The maximum absolute atomic E-state index is 13.5. The normalized spacial score (nSPS) is 36.7. The lowest BCUT2D eigenvalue weighted by molar-refractivity contribution is -0.164. The average molecular weight is 393 g/mol. The van der Waals surface area contributed by atoms with Crippen LogP contribution >= 0.6 is 21.6 Å². The van der Waals surface area contributed by atoms with Crippen LogP contribution in [0.5, 0.6) is 11.5 Å². The van der Waals surface area contributed by atoms with Crippen molar-refractivity contribution in [3.63, 3.8) is 0 Å². The molecule has 1 spiro atoms. The van der Waals surface area contributed by atoms with Crippen LogP contribution in [0.25, 0.3) is 0 Å². The first-order valence-electron chi connectivity index (χ1n) is 8.59. The van der Waals surface area contributed by atoms with Gasteiger partial charge in [0, 0.05) is 7.05 Å². The highest BCUT2D eigenvalue weighted by Gasteiger charge is 2.73. The van der Waals surface area contributed by atoms with Crippen LogP contribution in [-0.2, 0) is 9.59 Å². The van der Waals surface area contributed by atoms with Gasteiger partial charge in [0.25, 0.3) is 11.8 Å². The number of hydrogen-bond acceptors (Lipinski definition) is 6. The molecule has 2 amide bonds. The minimum atomic E-state index is -0.863. The van der Waals surface area contributed by atoms with E-state index in [0.717, 1.165) is 11.3 Å². The zero-order valence-electron chi connectivity index (χ0n) is 15.1. The molecule has 8 heteroatoms. The first-order chi connectivity index (χ1) is 12.2. The van der Waals surface area contributed by atoms with Crippen LogP contribution in [0.15, 0.2) is 18.2 Å². The van der Waals surface area contributed by atoms with E-state index in [1.54, 1.807) is 22.7 Å². The molecule has 4 fully saturated rings. The van der Waals surface area contributed by atoms with Crippen molar-refractivity contribution in [1.82, 2.24) is 9.80 Å². The number of likely N-dealkylation sites (N-methyl/N-ethyl adjacent to an activating group) is 1. The highest BCUT2D eigenvalue weighted by molar-refractivity contribution is 8.78. The second kappa shape index (κ2) is 4.84. The lowest BCUT2D eigenvalue weighted by Gasteiger charge is -2.57. The largest absolute Gasteiger partial charge is 0.454 e. The molecule has 138 valence electrons. The molecule has 26 heavy (non-hydrogen) atoms. The number of carbonyl (C=O) groups excluding carboxylic acids is 2. The fourth-order valence-corrected chi connectivity index (χ4v) is 8.32. The van der Waals surface area contributed by atoms with Crippen LogP contribution in [0.3, 0.4) is 0 Å². The second-order valence-corrected chi connectivity index (χ2v) is 11.0. The van der Waals surface area contributed by atoms with Gasteiger partial charge in [-0.25, -0.2) is 0 Å². The van der Waals surface area contributed by atoms with Crippen LogP contribution in [-0.4, -0.2) is 45.2 Å². The van der Waals surface area contributed by atoms with Crippen molar-refractivity contribution in [2.45, 2.75) is 43.0 Å². The molecular weight excluding hydrogens is 372 g/mol. The maximum Gasteiger partial charge on any atom is 0.261 e. The Morgan fingerprint density at radius 1 is 1.08 bits per heavy atom. The predicted molar refractivity (Wildman–Crippen MR) is 99.6 cm³/mol. The van der Waals surface area contributed by atoms with E-state index >= 15 is 0 Å². The third kappa shape index (κ3) is 1.77.